The van der Waals surface area contributed by atoms with Gasteiger partial charge in [-0.3, -0.25) is 29.1 Å². The summed E-state index contributed by atoms with van der Waals surface area (Å²) in [5, 5.41) is 11.4. The van der Waals surface area contributed by atoms with Gasteiger partial charge in [0.15, 0.2) is 0 Å². The number of likely N-dealkylation sites (tertiary alicyclic amines) is 1. The number of carbonyl (C=O) groups is 1. The first-order chi connectivity index (χ1) is 15.3. The van der Waals surface area contributed by atoms with Crippen molar-refractivity contribution < 1.29 is 9.72 Å². The van der Waals surface area contributed by atoms with Crippen molar-refractivity contribution in [2.75, 3.05) is 13.1 Å². The highest BCUT2D eigenvalue weighted by Gasteiger charge is 2.37. The van der Waals surface area contributed by atoms with Crippen LogP contribution in [-0.4, -0.2) is 42.9 Å². The molecule has 1 fully saturated rings. The van der Waals surface area contributed by atoms with Crippen LogP contribution in [0.2, 0.25) is 0 Å². The SMILES string of the molecule is O=C(Cn1c(=O)[nH]c2ccccc2c1=O)N1CC2CC(C1)c1ccc([N+](=O)[O-])c(=O)n1C2. The molecule has 4 heterocycles. The van der Waals surface area contributed by atoms with Crippen LogP contribution in [0.25, 0.3) is 10.9 Å². The minimum Gasteiger partial charge on any atom is -0.340 e. The summed E-state index contributed by atoms with van der Waals surface area (Å²) >= 11 is 0. The Bertz CT molecular complexity index is 1450. The highest BCUT2D eigenvalue weighted by Crippen LogP contribution is 2.35. The van der Waals surface area contributed by atoms with E-state index in [1.165, 1.54) is 10.6 Å². The number of amides is 1. The number of aromatic amines is 1. The number of H-pyrrole nitrogens is 1. The molecule has 2 bridgehead atoms. The molecule has 0 saturated carbocycles. The van der Waals surface area contributed by atoms with Crippen molar-refractivity contribution in [3.05, 3.63) is 83.4 Å². The quantitative estimate of drug-likeness (QED) is 0.465. The van der Waals surface area contributed by atoms with E-state index in [9.17, 15) is 29.3 Å². The molecule has 2 unspecified atom stereocenters. The molecule has 2 aromatic heterocycles. The fourth-order valence-electron chi connectivity index (χ4n) is 4.85. The van der Waals surface area contributed by atoms with Gasteiger partial charge in [-0.05, 0) is 30.5 Å². The van der Waals surface area contributed by atoms with E-state index in [-0.39, 0.29) is 30.8 Å². The Morgan fingerprint density at radius 1 is 1.06 bits per heavy atom. The summed E-state index contributed by atoms with van der Waals surface area (Å²) in [6.07, 6.45) is 0.761. The van der Waals surface area contributed by atoms with Crippen LogP contribution < -0.4 is 16.8 Å². The van der Waals surface area contributed by atoms with Crippen LogP contribution >= 0.6 is 0 Å². The molecular formula is C21H19N5O6. The third-order valence-corrected chi connectivity index (χ3v) is 6.32. The van der Waals surface area contributed by atoms with Gasteiger partial charge in [0.1, 0.15) is 6.54 Å². The number of pyridine rings is 1. The summed E-state index contributed by atoms with van der Waals surface area (Å²) in [5.74, 6) is -0.552. The van der Waals surface area contributed by atoms with E-state index in [0.717, 1.165) is 11.0 Å². The molecule has 0 radical (unpaired) electrons. The van der Waals surface area contributed by atoms with Gasteiger partial charge in [0.25, 0.3) is 5.56 Å². The van der Waals surface area contributed by atoms with Crippen molar-refractivity contribution in [3.63, 3.8) is 0 Å². The second-order valence-corrected chi connectivity index (χ2v) is 8.28. The standard InChI is InChI=1S/C21H19N5O6/c27-18(11-25-19(28)14-3-1-2-4-15(14)22-21(25)30)23-8-12-7-13(10-23)16-5-6-17(26(31)32)20(29)24(16)9-12/h1-6,12-13H,7-11H2,(H,22,30). The molecule has 1 amide bonds. The number of nitrogens with one attached hydrogen (secondary N) is 1. The number of rotatable bonds is 3. The van der Waals surface area contributed by atoms with Crippen molar-refractivity contribution in [1.29, 1.82) is 0 Å². The Balaban J connectivity index is 1.42. The lowest BCUT2D eigenvalue weighted by atomic mass is 9.83. The first-order valence-electron chi connectivity index (χ1n) is 10.2. The maximum absolute atomic E-state index is 13.0. The Morgan fingerprint density at radius 3 is 2.62 bits per heavy atom. The zero-order valence-corrected chi connectivity index (χ0v) is 16.9. The number of carbonyl (C=O) groups excluding carboxylic acids is 1. The van der Waals surface area contributed by atoms with Crippen LogP contribution in [0.3, 0.4) is 0 Å². The number of para-hydroxylation sites is 1. The van der Waals surface area contributed by atoms with Gasteiger partial charge in [-0.1, -0.05) is 12.1 Å². The zero-order chi connectivity index (χ0) is 22.6. The minimum atomic E-state index is -0.686. The highest BCUT2D eigenvalue weighted by molar-refractivity contribution is 5.79. The van der Waals surface area contributed by atoms with Gasteiger partial charge < -0.3 is 14.5 Å². The fraction of sp³-hybridized carbons (Fsp3) is 0.333. The van der Waals surface area contributed by atoms with Crippen LogP contribution in [0, 0.1) is 16.0 Å². The third-order valence-electron chi connectivity index (χ3n) is 6.32. The van der Waals surface area contributed by atoms with E-state index in [1.807, 2.05) is 0 Å². The average Bonchev–Trinajstić information content (AvgIpc) is 2.77. The Morgan fingerprint density at radius 2 is 1.84 bits per heavy atom. The fourth-order valence-corrected chi connectivity index (χ4v) is 4.85. The highest BCUT2D eigenvalue weighted by atomic mass is 16.6. The molecule has 2 aliphatic rings. The van der Waals surface area contributed by atoms with E-state index in [4.69, 9.17) is 0 Å². The number of hydrogen-bond donors (Lipinski definition) is 1. The van der Waals surface area contributed by atoms with Crippen molar-refractivity contribution in [2.45, 2.75) is 25.4 Å². The minimum absolute atomic E-state index is 0.0449. The predicted octanol–water partition coefficient (Wildman–Crippen LogP) is 0.406. The Labute approximate surface area is 179 Å². The Kier molecular flexibility index (Phi) is 4.54. The number of nitro groups is 1. The second-order valence-electron chi connectivity index (χ2n) is 8.28. The smallest absolute Gasteiger partial charge is 0.334 e. The Hall–Kier alpha value is -4.02. The lowest BCUT2D eigenvalue weighted by molar-refractivity contribution is -0.386. The largest absolute Gasteiger partial charge is 0.340 e. The van der Waals surface area contributed by atoms with Crippen LogP contribution in [0.5, 0.6) is 0 Å². The van der Waals surface area contributed by atoms with E-state index < -0.39 is 27.4 Å². The maximum Gasteiger partial charge on any atom is 0.334 e. The van der Waals surface area contributed by atoms with Crippen LogP contribution in [-0.2, 0) is 17.9 Å². The average molecular weight is 437 g/mol. The molecule has 0 aliphatic carbocycles. The van der Waals surface area contributed by atoms with Crippen molar-refractivity contribution in [2.24, 2.45) is 5.92 Å². The molecule has 11 heteroatoms. The molecule has 11 nitrogen and oxygen atoms in total. The number of fused-ring (bicyclic) bond motifs is 5. The first kappa shape index (κ1) is 19.9. The van der Waals surface area contributed by atoms with Crippen LogP contribution in [0.15, 0.2) is 50.8 Å². The summed E-state index contributed by atoms with van der Waals surface area (Å²) in [6, 6.07) is 9.39. The number of aromatic nitrogens is 3. The molecule has 3 aromatic rings. The molecule has 164 valence electrons. The van der Waals surface area contributed by atoms with Crippen molar-refractivity contribution in [3.8, 4) is 0 Å². The van der Waals surface area contributed by atoms with E-state index >= 15 is 0 Å². The number of piperidine rings is 1. The zero-order valence-electron chi connectivity index (χ0n) is 16.9. The summed E-state index contributed by atoms with van der Waals surface area (Å²) in [4.78, 5) is 65.3. The number of hydrogen-bond acceptors (Lipinski definition) is 6. The predicted molar refractivity (Wildman–Crippen MR) is 114 cm³/mol. The van der Waals surface area contributed by atoms with Crippen LogP contribution in [0.1, 0.15) is 18.0 Å². The van der Waals surface area contributed by atoms with Gasteiger partial charge in [0, 0.05) is 37.3 Å². The number of nitrogens with zero attached hydrogens (tertiary/aromatic N) is 4. The summed E-state index contributed by atoms with van der Waals surface area (Å²) < 4.78 is 2.34. The second kappa shape index (κ2) is 7.29. The van der Waals surface area contributed by atoms with E-state index in [2.05, 4.69) is 4.98 Å². The molecule has 2 atom stereocenters. The van der Waals surface area contributed by atoms with E-state index in [1.54, 1.807) is 35.2 Å². The first-order valence-corrected chi connectivity index (χ1v) is 10.2. The molecule has 1 saturated heterocycles. The summed E-state index contributed by atoms with van der Waals surface area (Å²) in [6.45, 7) is 0.565. The summed E-state index contributed by atoms with van der Waals surface area (Å²) in [7, 11) is 0. The molecule has 0 spiro atoms. The molecule has 5 rings (SSSR count). The topological polar surface area (TPSA) is 140 Å². The van der Waals surface area contributed by atoms with E-state index in [0.29, 0.717) is 29.7 Å². The molecule has 32 heavy (non-hydrogen) atoms. The molecular weight excluding hydrogens is 418 g/mol. The van der Waals surface area contributed by atoms with Gasteiger partial charge in [-0.25, -0.2) is 4.79 Å². The normalized spacial score (nSPS) is 19.6. The molecule has 2 aliphatic heterocycles. The summed E-state index contributed by atoms with van der Waals surface area (Å²) in [5.41, 5.74) is -1.19. The van der Waals surface area contributed by atoms with Gasteiger partial charge in [-0.15, -0.1) is 0 Å². The lowest BCUT2D eigenvalue weighted by Crippen LogP contribution is -2.51. The monoisotopic (exact) mass is 437 g/mol. The van der Waals surface area contributed by atoms with Crippen molar-refractivity contribution in [1.82, 2.24) is 19.0 Å². The lowest BCUT2D eigenvalue weighted by Gasteiger charge is -2.42. The van der Waals surface area contributed by atoms with Gasteiger partial charge in [-0.2, -0.15) is 0 Å². The van der Waals surface area contributed by atoms with Gasteiger partial charge >= 0.3 is 16.9 Å². The van der Waals surface area contributed by atoms with Gasteiger partial charge in [0.2, 0.25) is 5.91 Å². The van der Waals surface area contributed by atoms with Crippen molar-refractivity contribution >= 4 is 22.5 Å². The third kappa shape index (κ3) is 3.13. The molecule has 1 N–H and O–H groups in total. The van der Waals surface area contributed by atoms with Crippen LogP contribution in [0.4, 0.5) is 5.69 Å². The maximum atomic E-state index is 13.0. The number of benzene rings is 1. The van der Waals surface area contributed by atoms with Gasteiger partial charge in [0.05, 0.1) is 15.8 Å². The molecule has 1 aromatic carbocycles.